The molecule has 2 aliphatic heterocycles. The zero-order valence-electron chi connectivity index (χ0n) is 16.9. The average Bonchev–Trinajstić information content (AvgIpc) is 3.42. The molecule has 0 bridgehead atoms. The largest absolute Gasteiger partial charge is 0.377 e. The molecule has 2 atom stereocenters. The van der Waals surface area contributed by atoms with Crippen molar-refractivity contribution in [1.29, 1.82) is 0 Å². The summed E-state index contributed by atoms with van der Waals surface area (Å²) in [5.74, 6) is 0.571. The first-order valence-corrected chi connectivity index (χ1v) is 10.9. The van der Waals surface area contributed by atoms with E-state index in [4.69, 9.17) is 4.74 Å². The Balaban J connectivity index is 1.30. The van der Waals surface area contributed by atoms with Gasteiger partial charge in [-0.15, -0.1) is 0 Å². The van der Waals surface area contributed by atoms with Crippen LogP contribution in [0, 0.1) is 0 Å². The van der Waals surface area contributed by atoms with Crippen molar-refractivity contribution >= 4 is 22.5 Å². The van der Waals surface area contributed by atoms with Crippen molar-refractivity contribution in [1.82, 2.24) is 14.9 Å². The lowest BCUT2D eigenvalue weighted by atomic mass is 9.87. The molecule has 3 aliphatic rings. The molecule has 1 fully saturated rings. The van der Waals surface area contributed by atoms with Crippen LogP contribution in [0.4, 0.5) is 0 Å². The first-order chi connectivity index (χ1) is 14.8. The Bertz CT molecular complexity index is 1160. The van der Waals surface area contributed by atoms with Gasteiger partial charge in [0.2, 0.25) is 0 Å². The predicted molar refractivity (Wildman–Crippen MR) is 116 cm³/mol. The molecule has 1 saturated heterocycles. The highest BCUT2D eigenvalue weighted by atomic mass is 16.5. The highest BCUT2D eigenvalue weighted by molar-refractivity contribution is 5.97. The van der Waals surface area contributed by atoms with Gasteiger partial charge in [0.25, 0.3) is 5.91 Å². The van der Waals surface area contributed by atoms with E-state index in [2.05, 4.69) is 39.1 Å². The molecule has 0 radical (unpaired) electrons. The van der Waals surface area contributed by atoms with Gasteiger partial charge < -0.3 is 14.6 Å². The number of rotatable bonds is 2. The Labute approximate surface area is 175 Å². The monoisotopic (exact) mass is 399 g/mol. The maximum absolute atomic E-state index is 13.4. The Morgan fingerprint density at radius 1 is 1.20 bits per heavy atom. The molecule has 1 aromatic heterocycles. The Kier molecular flexibility index (Phi) is 4.23. The predicted octanol–water partition coefficient (Wildman–Crippen LogP) is 4.31. The summed E-state index contributed by atoms with van der Waals surface area (Å²) in [6.45, 7) is 2.35. The number of H-pyrrole nitrogens is 1. The van der Waals surface area contributed by atoms with Gasteiger partial charge in [-0.05, 0) is 66.1 Å². The first kappa shape index (κ1) is 17.9. The molecule has 2 aromatic carbocycles. The third-order valence-corrected chi connectivity index (χ3v) is 7.02. The van der Waals surface area contributed by atoms with Gasteiger partial charge in [-0.25, -0.2) is 4.98 Å². The second-order valence-corrected chi connectivity index (χ2v) is 8.62. The number of benzene rings is 2. The first-order valence-electron chi connectivity index (χ1n) is 10.9. The molecule has 5 heteroatoms. The van der Waals surface area contributed by atoms with E-state index in [1.165, 1.54) is 22.3 Å². The molecule has 1 aliphatic carbocycles. The van der Waals surface area contributed by atoms with Crippen molar-refractivity contribution in [3.8, 4) is 0 Å². The smallest absolute Gasteiger partial charge is 0.254 e. The van der Waals surface area contributed by atoms with E-state index in [1.54, 1.807) is 6.33 Å². The number of amides is 1. The van der Waals surface area contributed by atoms with Crippen LogP contribution in [0.25, 0.3) is 16.6 Å². The Hall–Kier alpha value is -2.92. The van der Waals surface area contributed by atoms with Gasteiger partial charge in [-0.2, -0.15) is 0 Å². The molecule has 30 heavy (non-hydrogen) atoms. The van der Waals surface area contributed by atoms with Crippen molar-refractivity contribution in [3.05, 3.63) is 71.1 Å². The zero-order valence-corrected chi connectivity index (χ0v) is 16.9. The third kappa shape index (κ3) is 2.88. The standard InChI is InChI=1S/C25H25N3O2/c29-25(19-5-6-22-23(13-19)27-15-26-22)28-9-1-2-20-21-12-17(16-7-10-30-11-8-16)3-4-18(21)14-24(20)28/h3-7,12-13,15,20,24H,1-2,8-11,14H2,(H,26,27). The normalized spacial score (nSPS) is 23.2. The summed E-state index contributed by atoms with van der Waals surface area (Å²) in [6, 6.07) is 13.0. The summed E-state index contributed by atoms with van der Waals surface area (Å²) in [6.07, 6.45) is 8.03. The van der Waals surface area contributed by atoms with Gasteiger partial charge in [0.05, 0.1) is 30.6 Å². The van der Waals surface area contributed by atoms with Crippen LogP contribution in [-0.2, 0) is 11.2 Å². The number of hydrogen-bond acceptors (Lipinski definition) is 3. The van der Waals surface area contributed by atoms with Crippen LogP contribution < -0.4 is 0 Å². The van der Waals surface area contributed by atoms with E-state index in [0.29, 0.717) is 12.5 Å². The molecule has 152 valence electrons. The Morgan fingerprint density at radius 3 is 3.07 bits per heavy atom. The highest BCUT2D eigenvalue weighted by Gasteiger charge is 2.41. The summed E-state index contributed by atoms with van der Waals surface area (Å²) in [5.41, 5.74) is 8.12. The Morgan fingerprint density at radius 2 is 2.17 bits per heavy atom. The fourth-order valence-electron chi connectivity index (χ4n) is 5.50. The van der Waals surface area contributed by atoms with Gasteiger partial charge >= 0.3 is 0 Å². The molecule has 3 aromatic rings. The van der Waals surface area contributed by atoms with E-state index in [1.807, 2.05) is 18.2 Å². The van der Waals surface area contributed by atoms with E-state index >= 15 is 0 Å². The van der Waals surface area contributed by atoms with Crippen LogP contribution in [-0.4, -0.2) is 46.6 Å². The number of piperidine rings is 1. The molecule has 1 amide bonds. The summed E-state index contributed by atoms with van der Waals surface area (Å²) >= 11 is 0. The minimum atomic E-state index is 0.134. The molecule has 3 heterocycles. The fourth-order valence-corrected chi connectivity index (χ4v) is 5.50. The number of hydrogen-bond donors (Lipinski definition) is 1. The topological polar surface area (TPSA) is 58.2 Å². The summed E-state index contributed by atoms with van der Waals surface area (Å²) < 4.78 is 5.48. The average molecular weight is 399 g/mol. The molecular weight excluding hydrogens is 374 g/mol. The number of carbonyl (C=O) groups is 1. The van der Waals surface area contributed by atoms with Crippen molar-refractivity contribution in [2.75, 3.05) is 19.8 Å². The van der Waals surface area contributed by atoms with Crippen LogP contribution in [0.1, 0.15) is 52.2 Å². The van der Waals surface area contributed by atoms with Crippen molar-refractivity contribution in [3.63, 3.8) is 0 Å². The van der Waals surface area contributed by atoms with Crippen LogP contribution in [0.3, 0.4) is 0 Å². The van der Waals surface area contributed by atoms with Crippen molar-refractivity contribution < 1.29 is 9.53 Å². The van der Waals surface area contributed by atoms with Crippen LogP contribution in [0.5, 0.6) is 0 Å². The van der Waals surface area contributed by atoms with Crippen molar-refractivity contribution in [2.45, 2.75) is 37.6 Å². The molecule has 0 spiro atoms. The van der Waals surface area contributed by atoms with Gasteiger partial charge in [-0.1, -0.05) is 24.3 Å². The number of carbonyl (C=O) groups excluding carboxylic acids is 1. The molecular formula is C25H25N3O2. The van der Waals surface area contributed by atoms with Gasteiger partial charge in [-0.3, -0.25) is 4.79 Å². The second-order valence-electron chi connectivity index (χ2n) is 8.62. The number of nitrogens with one attached hydrogen (secondary N) is 1. The maximum Gasteiger partial charge on any atom is 0.254 e. The zero-order chi connectivity index (χ0) is 20.1. The van der Waals surface area contributed by atoms with E-state index in [9.17, 15) is 4.79 Å². The number of aromatic nitrogens is 2. The third-order valence-electron chi connectivity index (χ3n) is 7.02. The van der Waals surface area contributed by atoms with Crippen molar-refractivity contribution in [2.24, 2.45) is 0 Å². The number of fused-ring (bicyclic) bond motifs is 4. The number of aromatic amines is 1. The van der Waals surface area contributed by atoms with Gasteiger partial charge in [0.1, 0.15) is 0 Å². The van der Waals surface area contributed by atoms with Crippen LogP contribution in [0.2, 0.25) is 0 Å². The summed E-state index contributed by atoms with van der Waals surface area (Å²) in [4.78, 5) is 23.0. The second kappa shape index (κ2) is 7.10. The molecule has 5 nitrogen and oxygen atoms in total. The fraction of sp³-hybridized carbons (Fsp3) is 0.360. The lowest BCUT2D eigenvalue weighted by molar-refractivity contribution is 0.0595. The lowest BCUT2D eigenvalue weighted by Crippen LogP contribution is -2.46. The summed E-state index contributed by atoms with van der Waals surface area (Å²) in [5, 5.41) is 0. The number of likely N-dealkylation sites (tertiary alicyclic amines) is 1. The SMILES string of the molecule is O=C(c1ccc2[nH]cnc2c1)N1CCCC2c3cc(C4=CCOCC4)ccc3CC21. The van der Waals surface area contributed by atoms with E-state index in [0.717, 1.165) is 55.4 Å². The molecule has 0 saturated carbocycles. The lowest BCUT2D eigenvalue weighted by Gasteiger charge is -2.38. The highest BCUT2D eigenvalue weighted by Crippen LogP contribution is 2.43. The quantitative estimate of drug-likeness (QED) is 0.699. The van der Waals surface area contributed by atoms with E-state index < -0.39 is 0 Å². The summed E-state index contributed by atoms with van der Waals surface area (Å²) in [7, 11) is 0. The number of imidazole rings is 1. The molecule has 6 rings (SSSR count). The minimum Gasteiger partial charge on any atom is -0.377 e. The number of ether oxygens (including phenoxy) is 1. The number of nitrogens with zero attached hydrogens (tertiary/aromatic N) is 2. The molecule has 2 unspecified atom stereocenters. The van der Waals surface area contributed by atoms with E-state index in [-0.39, 0.29) is 11.9 Å². The maximum atomic E-state index is 13.4. The van der Waals surface area contributed by atoms with Crippen LogP contribution >= 0.6 is 0 Å². The van der Waals surface area contributed by atoms with Gasteiger partial charge in [0.15, 0.2) is 0 Å². The van der Waals surface area contributed by atoms with Crippen LogP contribution in [0.15, 0.2) is 48.8 Å². The molecule has 1 N–H and O–H groups in total. The minimum absolute atomic E-state index is 0.134. The van der Waals surface area contributed by atoms with Gasteiger partial charge in [0, 0.05) is 24.1 Å².